The molecular formula is C19H22N4O5. The van der Waals surface area contributed by atoms with Gasteiger partial charge in [-0.05, 0) is 43.7 Å². The van der Waals surface area contributed by atoms with E-state index in [0.29, 0.717) is 30.2 Å². The standard InChI is InChI=1S/C19H22N4O5/c1-12-6-8-19(9-7-12)17(26)23(18(27)20-19)21-15(24)10-22-13-4-2-3-5-14(13)28-11-16(22)25/h2-5,12H,6-11H2,1H3,(H,20,27)(H,21,24). The molecule has 1 aromatic carbocycles. The summed E-state index contributed by atoms with van der Waals surface area (Å²) in [6.07, 6.45) is 2.79. The van der Waals surface area contributed by atoms with Crippen LogP contribution < -0.4 is 20.4 Å². The number of hydrogen-bond acceptors (Lipinski definition) is 5. The van der Waals surface area contributed by atoms with E-state index < -0.39 is 23.4 Å². The summed E-state index contributed by atoms with van der Waals surface area (Å²) in [6.45, 7) is 1.62. The van der Waals surface area contributed by atoms with E-state index in [2.05, 4.69) is 17.7 Å². The fourth-order valence-electron chi connectivity index (χ4n) is 3.95. The second kappa shape index (κ2) is 6.81. The second-order valence-corrected chi connectivity index (χ2v) is 7.61. The smallest absolute Gasteiger partial charge is 0.344 e. The van der Waals surface area contributed by atoms with Gasteiger partial charge in [0.1, 0.15) is 17.8 Å². The average Bonchev–Trinajstić information content (AvgIpc) is 2.91. The van der Waals surface area contributed by atoms with Gasteiger partial charge in [0.15, 0.2) is 6.61 Å². The van der Waals surface area contributed by atoms with Crippen molar-refractivity contribution in [1.82, 2.24) is 15.8 Å². The maximum absolute atomic E-state index is 12.8. The third-order valence-electron chi connectivity index (χ3n) is 5.64. The maximum atomic E-state index is 12.8. The van der Waals surface area contributed by atoms with Gasteiger partial charge in [-0.2, -0.15) is 5.01 Å². The first-order valence-corrected chi connectivity index (χ1v) is 9.38. The first-order valence-electron chi connectivity index (χ1n) is 9.38. The zero-order valence-corrected chi connectivity index (χ0v) is 15.6. The number of ether oxygens (including phenoxy) is 1. The number of carbonyl (C=O) groups is 4. The van der Waals surface area contributed by atoms with Crippen molar-refractivity contribution in [3.05, 3.63) is 24.3 Å². The molecule has 2 fully saturated rings. The Bertz CT molecular complexity index is 846. The van der Waals surface area contributed by atoms with Crippen LogP contribution in [0.5, 0.6) is 5.75 Å². The van der Waals surface area contributed by atoms with Crippen LogP contribution in [-0.4, -0.2) is 47.5 Å². The third kappa shape index (κ3) is 3.06. The lowest BCUT2D eigenvalue weighted by Gasteiger charge is -2.33. The zero-order chi connectivity index (χ0) is 19.9. The molecule has 9 nitrogen and oxygen atoms in total. The van der Waals surface area contributed by atoms with Crippen LogP contribution >= 0.6 is 0 Å². The summed E-state index contributed by atoms with van der Waals surface area (Å²) >= 11 is 0. The van der Waals surface area contributed by atoms with Gasteiger partial charge in [0.2, 0.25) is 0 Å². The van der Waals surface area contributed by atoms with Crippen molar-refractivity contribution >= 4 is 29.4 Å². The number of hydrazine groups is 1. The number of carbonyl (C=O) groups excluding carboxylic acids is 4. The highest BCUT2D eigenvalue weighted by molar-refractivity contribution is 6.09. The Balaban J connectivity index is 1.45. The van der Waals surface area contributed by atoms with Crippen LogP contribution in [0.2, 0.25) is 0 Å². The second-order valence-electron chi connectivity index (χ2n) is 7.61. The number of anilines is 1. The first kappa shape index (κ1) is 18.3. The lowest BCUT2D eigenvalue weighted by molar-refractivity contribution is -0.139. The molecule has 0 aromatic heterocycles. The van der Waals surface area contributed by atoms with E-state index in [0.717, 1.165) is 17.9 Å². The van der Waals surface area contributed by atoms with Gasteiger partial charge in [0.25, 0.3) is 17.7 Å². The van der Waals surface area contributed by atoms with Gasteiger partial charge in [0, 0.05) is 0 Å². The van der Waals surface area contributed by atoms with E-state index in [1.54, 1.807) is 24.3 Å². The van der Waals surface area contributed by atoms with E-state index in [4.69, 9.17) is 4.74 Å². The third-order valence-corrected chi connectivity index (χ3v) is 5.64. The molecule has 2 aliphatic heterocycles. The molecule has 2 N–H and O–H groups in total. The van der Waals surface area contributed by atoms with Gasteiger partial charge in [-0.25, -0.2) is 4.79 Å². The summed E-state index contributed by atoms with van der Waals surface area (Å²) < 4.78 is 5.35. The molecule has 28 heavy (non-hydrogen) atoms. The van der Waals surface area contributed by atoms with Gasteiger partial charge >= 0.3 is 6.03 Å². The van der Waals surface area contributed by atoms with Gasteiger partial charge in [-0.1, -0.05) is 19.1 Å². The van der Waals surface area contributed by atoms with Gasteiger partial charge in [-0.3, -0.25) is 24.7 Å². The molecule has 0 atom stereocenters. The van der Waals surface area contributed by atoms with Crippen molar-refractivity contribution in [2.45, 2.75) is 38.1 Å². The van der Waals surface area contributed by atoms with Crippen LogP contribution in [0, 0.1) is 5.92 Å². The number of amides is 5. The van der Waals surface area contributed by atoms with E-state index >= 15 is 0 Å². The summed E-state index contributed by atoms with van der Waals surface area (Å²) in [7, 11) is 0. The Morgan fingerprint density at radius 3 is 2.71 bits per heavy atom. The molecule has 1 saturated carbocycles. The van der Waals surface area contributed by atoms with Crippen LogP contribution in [0.1, 0.15) is 32.6 Å². The predicted molar refractivity (Wildman–Crippen MR) is 98.2 cm³/mol. The van der Waals surface area contributed by atoms with Crippen LogP contribution in [0.25, 0.3) is 0 Å². The van der Waals surface area contributed by atoms with E-state index in [9.17, 15) is 19.2 Å². The van der Waals surface area contributed by atoms with Crippen molar-refractivity contribution in [3.8, 4) is 5.75 Å². The number of nitrogens with zero attached hydrogens (tertiary/aromatic N) is 2. The highest BCUT2D eigenvalue weighted by atomic mass is 16.5. The largest absolute Gasteiger partial charge is 0.482 e. The molecular weight excluding hydrogens is 364 g/mol. The van der Waals surface area contributed by atoms with Gasteiger partial charge in [0.05, 0.1) is 5.69 Å². The molecule has 1 aromatic rings. The Morgan fingerprint density at radius 2 is 1.96 bits per heavy atom. The van der Waals surface area contributed by atoms with Crippen LogP contribution in [0.4, 0.5) is 10.5 Å². The number of imide groups is 1. The van der Waals surface area contributed by atoms with E-state index in [1.165, 1.54) is 4.90 Å². The van der Waals surface area contributed by atoms with Crippen LogP contribution in [0.3, 0.4) is 0 Å². The minimum absolute atomic E-state index is 0.172. The monoisotopic (exact) mass is 386 g/mol. The number of hydrogen-bond donors (Lipinski definition) is 2. The zero-order valence-electron chi connectivity index (χ0n) is 15.6. The molecule has 0 bridgehead atoms. The quantitative estimate of drug-likeness (QED) is 0.752. The predicted octanol–water partition coefficient (Wildman–Crippen LogP) is 0.944. The highest BCUT2D eigenvalue weighted by Crippen LogP contribution is 2.36. The van der Waals surface area contributed by atoms with E-state index in [1.807, 2.05) is 0 Å². The number of para-hydroxylation sites is 2. The fourth-order valence-corrected chi connectivity index (χ4v) is 3.95. The van der Waals surface area contributed by atoms with Crippen molar-refractivity contribution in [3.63, 3.8) is 0 Å². The number of urea groups is 1. The Morgan fingerprint density at radius 1 is 1.25 bits per heavy atom. The average molecular weight is 386 g/mol. The minimum Gasteiger partial charge on any atom is -0.482 e. The Kier molecular flexibility index (Phi) is 4.44. The van der Waals surface area contributed by atoms with Gasteiger partial charge < -0.3 is 10.1 Å². The topological polar surface area (TPSA) is 108 Å². The summed E-state index contributed by atoms with van der Waals surface area (Å²) in [4.78, 5) is 51.1. The molecule has 4 rings (SSSR count). The maximum Gasteiger partial charge on any atom is 0.344 e. The molecule has 3 aliphatic rings. The van der Waals surface area contributed by atoms with Crippen molar-refractivity contribution in [1.29, 1.82) is 0 Å². The van der Waals surface area contributed by atoms with Gasteiger partial charge in [-0.15, -0.1) is 0 Å². The molecule has 1 saturated heterocycles. The summed E-state index contributed by atoms with van der Waals surface area (Å²) in [5.41, 5.74) is 1.90. The summed E-state index contributed by atoms with van der Waals surface area (Å²) in [5.74, 6) is -0.434. The lowest BCUT2D eigenvalue weighted by Crippen LogP contribution is -2.53. The van der Waals surface area contributed by atoms with Crippen LogP contribution in [-0.2, 0) is 14.4 Å². The highest BCUT2D eigenvalue weighted by Gasteiger charge is 2.53. The normalized spacial score (nSPS) is 26.8. The molecule has 9 heteroatoms. The Labute approximate surface area is 162 Å². The van der Waals surface area contributed by atoms with Crippen molar-refractivity contribution in [2.24, 2.45) is 5.92 Å². The molecule has 1 spiro atoms. The summed E-state index contributed by atoms with van der Waals surface area (Å²) in [6, 6.07) is 6.24. The van der Waals surface area contributed by atoms with Crippen molar-refractivity contribution in [2.75, 3.05) is 18.1 Å². The van der Waals surface area contributed by atoms with Crippen molar-refractivity contribution < 1.29 is 23.9 Å². The molecule has 0 radical (unpaired) electrons. The molecule has 148 valence electrons. The summed E-state index contributed by atoms with van der Waals surface area (Å²) in [5, 5.41) is 3.49. The number of nitrogens with one attached hydrogen (secondary N) is 2. The van der Waals surface area contributed by atoms with E-state index in [-0.39, 0.29) is 19.1 Å². The first-order chi connectivity index (χ1) is 13.4. The molecule has 2 heterocycles. The molecule has 5 amide bonds. The number of fused-ring (bicyclic) bond motifs is 1. The Hall–Kier alpha value is -3.10. The number of benzene rings is 1. The lowest BCUT2D eigenvalue weighted by atomic mass is 9.77. The van der Waals surface area contributed by atoms with Crippen LogP contribution in [0.15, 0.2) is 24.3 Å². The SMILES string of the molecule is CC1CCC2(CC1)NC(=O)N(NC(=O)CN1C(=O)COc3ccccc31)C2=O. The fraction of sp³-hybridized carbons (Fsp3) is 0.474. The molecule has 0 unspecified atom stereocenters. The minimum atomic E-state index is -0.932. The molecule has 1 aliphatic carbocycles. The number of rotatable bonds is 3.